The number of nitrogens with one attached hydrogen (secondary N) is 3. The minimum Gasteiger partial charge on any atom is -0.392 e. The predicted octanol–water partition coefficient (Wildman–Crippen LogP) is 0.615. The zero-order chi connectivity index (χ0) is 24.6. The lowest BCUT2D eigenvalue weighted by molar-refractivity contribution is -0.150. The molecule has 1 aliphatic carbocycles. The second kappa shape index (κ2) is 11.6. The number of hydrogen-bond donors (Lipinski definition) is 4. The van der Waals surface area contributed by atoms with Gasteiger partial charge < -0.3 is 21.1 Å². The zero-order valence-corrected chi connectivity index (χ0v) is 19.0. The molecule has 182 valence electrons. The summed E-state index contributed by atoms with van der Waals surface area (Å²) in [6, 6.07) is 6.68. The van der Waals surface area contributed by atoms with Crippen molar-refractivity contribution in [3.63, 3.8) is 0 Å². The van der Waals surface area contributed by atoms with Crippen molar-refractivity contribution in [2.75, 3.05) is 25.0 Å². The van der Waals surface area contributed by atoms with Gasteiger partial charge in [-0.3, -0.25) is 28.9 Å². The van der Waals surface area contributed by atoms with E-state index in [9.17, 15) is 24.0 Å². The fourth-order valence-electron chi connectivity index (χ4n) is 3.91. The normalized spacial score (nSPS) is 16.2. The highest BCUT2D eigenvalue weighted by Crippen LogP contribution is 2.41. The molecule has 1 aliphatic heterocycles. The molecule has 0 unspecified atom stereocenters. The molecule has 0 aromatic heterocycles. The maximum atomic E-state index is 12.7. The topological polar surface area (TPSA) is 145 Å². The molecule has 10 nitrogen and oxygen atoms in total. The zero-order valence-electron chi connectivity index (χ0n) is 19.0. The Balaban J connectivity index is 1.36. The summed E-state index contributed by atoms with van der Waals surface area (Å²) in [7, 11) is 0. The maximum absolute atomic E-state index is 12.7. The number of imide groups is 1. The minimum atomic E-state index is -1.15. The Morgan fingerprint density at radius 1 is 0.912 bits per heavy atom. The first-order valence-electron chi connectivity index (χ1n) is 11.5. The molecule has 0 spiro atoms. The summed E-state index contributed by atoms with van der Waals surface area (Å²) in [5.74, 6) is -1.81. The van der Waals surface area contributed by atoms with Crippen LogP contribution in [-0.4, -0.2) is 59.2 Å². The summed E-state index contributed by atoms with van der Waals surface area (Å²) in [5, 5.41) is 17.1. The second-order valence-corrected chi connectivity index (χ2v) is 8.50. The largest absolute Gasteiger partial charge is 0.392 e. The number of anilines is 1. The van der Waals surface area contributed by atoms with Crippen LogP contribution in [0, 0.1) is 5.41 Å². The van der Waals surface area contributed by atoms with E-state index in [0.29, 0.717) is 44.5 Å². The summed E-state index contributed by atoms with van der Waals surface area (Å²) >= 11 is 0. The maximum Gasteiger partial charge on any atom is 0.253 e. The number of carbonyl (C=O) groups excluding carboxylic acids is 5. The van der Waals surface area contributed by atoms with Crippen LogP contribution in [-0.2, 0) is 30.6 Å². The molecule has 5 amide bonds. The fourth-order valence-corrected chi connectivity index (χ4v) is 3.91. The van der Waals surface area contributed by atoms with Crippen molar-refractivity contribution < 1.29 is 29.1 Å². The number of unbranched alkanes of at least 4 members (excludes halogenated alkanes) is 2. The average Bonchev–Trinajstić information content (AvgIpc) is 3.11. The number of amides is 5. The monoisotopic (exact) mass is 470 g/mol. The van der Waals surface area contributed by atoms with E-state index in [4.69, 9.17) is 5.11 Å². The highest BCUT2D eigenvalue weighted by atomic mass is 16.3. The van der Waals surface area contributed by atoms with Crippen LogP contribution in [0.2, 0.25) is 0 Å². The van der Waals surface area contributed by atoms with Crippen molar-refractivity contribution >= 4 is 35.2 Å². The number of benzene rings is 1. The lowest BCUT2D eigenvalue weighted by Gasteiger charge is -2.38. The van der Waals surface area contributed by atoms with E-state index >= 15 is 0 Å². The van der Waals surface area contributed by atoms with Gasteiger partial charge in [0.2, 0.25) is 17.7 Å². The van der Waals surface area contributed by atoms with Crippen molar-refractivity contribution in [2.24, 2.45) is 5.41 Å². The van der Waals surface area contributed by atoms with Crippen LogP contribution >= 0.6 is 0 Å². The molecule has 0 atom stereocenters. The molecular formula is C24H30N4O6. The summed E-state index contributed by atoms with van der Waals surface area (Å²) in [4.78, 5) is 61.8. The van der Waals surface area contributed by atoms with Crippen molar-refractivity contribution in [1.82, 2.24) is 15.5 Å². The summed E-state index contributed by atoms with van der Waals surface area (Å²) in [6.45, 7) is 0.391. The second-order valence-electron chi connectivity index (χ2n) is 8.50. The Morgan fingerprint density at radius 3 is 2.15 bits per heavy atom. The van der Waals surface area contributed by atoms with Gasteiger partial charge in [-0.05, 0) is 49.8 Å². The lowest BCUT2D eigenvalue weighted by atomic mass is 9.67. The third-order valence-corrected chi connectivity index (χ3v) is 6.15. The third kappa shape index (κ3) is 6.07. The van der Waals surface area contributed by atoms with Gasteiger partial charge in [0.15, 0.2) is 0 Å². The molecule has 1 fully saturated rings. The van der Waals surface area contributed by atoms with Crippen LogP contribution < -0.4 is 16.0 Å². The van der Waals surface area contributed by atoms with Crippen LogP contribution in [0.1, 0.15) is 44.1 Å². The van der Waals surface area contributed by atoms with Crippen LogP contribution in [0.3, 0.4) is 0 Å². The van der Waals surface area contributed by atoms with Crippen molar-refractivity contribution in [3.05, 3.63) is 42.0 Å². The molecule has 2 aliphatic rings. The predicted molar refractivity (Wildman–Crippen MR) is 123 cm³/mol. The molecule has 1 saturated carbocycles. The molecule has 1 aromatic carbocycles. The van der Waals surface area contributed by atoms with Crippen molar-refractivity contribution in [1.29, 1.82) is 0 Å². The first kappa shape index (κ1) is 25.1. The van der Waals surface area contributed by atoms with E-state index in [2.05, 4.69) is 16.0 Å². The lowest BCUT2D eigenvalue weighted by Crippen LogP contribution is -2.56. The van der Waals surface area contributed by atoms with E-state index in [-0.39, 0.29) is 30.9 Å². The average molecular weight is 471 g/mol. The number of aliphatic hydroxyl groups is 1. The molecule has 0 saturated heterocycles. The van der Waals surface area contributed by atoms with Crippen molar-refractivity contribution in [3.8, 4) is 0 Å². The summed E-state index contributed by atoms with van der Waals surface area (Å²) < 4.78 is 0. The Bertz CT molecular complexity index is 950. The van der Waals surface area contributed by atoms with Gasteiger partial charge in [0.25, 0.3) is 11.8 Å². The van der Waals surface area contributed by atoms with Gasteiger partial charge in [0.05, 0.1) is 13.2 Å². The van der Waals surface area contributed by atoms with Gasteiger partial charge in [-0.25, -0.2) is 0 Å². The fraction of sp³-hybridized carbons (Fsp3) is 0.458. The summed E-state index contributed by atoms with van der Waals surface area (Å²) in [6.07, 6.45) is 6.15. The van der Waals surface area contributed by atoms with Crippen LogP contribution in [0.4, 0.5) is 5.69 Å². The standard InChI is InChI=1S/C24H30N4O6/c29-16-17-5-7-18(8-6-17)27-19(30)15-26-23(34)24(11-4-12-24)22(33)25-13-2-1-3-14-28-20(31)9-10-21(28)32/h5-10,29H,1-4,11-16H2,(H,25,33)(H,26,34)(H,27,30). The SMILES string of the molecule is O=C(CNC(=O)C1(C(=O)NCCCCCN2C(=O)C=CC2=O)CCC1)Nc1ccc(CO)cc1. The molecule has 10 heteroatoms. The number of carbonyl (C=O) groups is 5. The summed E-state index contributed by atoms with van der Waals surface area (Å²) in [5.41, 5.74) is 0.115. The number of rotatable bonds is 12. The first-order valence-corrected chi connectivity index (χ1v) is 11.5. The van der Waals surface area contributed by atoms with E-state index in [1.165, 1.54) is 17.1 Å². The van der Waals surface area contributed by atoms with E-state index in [1.807, 2.05) is 0 Å². The highest BCUT2D eigenvalue weighted by molar-refractivity contribution is 6.12. The van der Waals surface area contributed by atoms with Gasteiger partial charge in [-0.15, -0.1) is 0 Å². The Morgan fingerprint density at radius 2 is 1.56 bits per heavy atom. The van der Waals surface area contributed by atoms with E-state index < -0.39 is 17.2 Å². The smallest absolute Gasteiger partial charge is 0.253 e. The van der Waals surface area contributed by atoms with E-state index in [0.717, 1.165) is 18.4 Å². The number of nitrogens with zero attached hydrogens (tertiary/aromatic N) is 1. The molecule has 1 aromatic rings. The Kier molecular flexibility index (Phi) is 8.53. The highest BCUT2D eigenvalue weighted by Gasteiger charge is 2.50. The van der Waals surface area contributed by atoms with Crippen molar-refractivity contribution in [2.45, 2.75) is 45.1 Å². The van der Waals surface area contributed by atoms with Crippen LogP contribution in [0.25, 0.3) is 0 Å². The Labute approximate surface area is 197 Å². The van der Waals surface area contributed by atoms with E-state index in [1.54, 1.807) is 24.3 Å². The van der Waals surface area contributed by atoms with Crippen LogP contribution in [0.5, 0.6) is 0 Å². The Hall–Kier alpha value is -3.53. The van der Waals surface area contributed by atoms with Crippen LogP contribution in [0.15, 0.2) is 36.4 Å². The molecular weight excluding hydrogens is 440 g/mol. The van der Waals surface area contributed by atoms with Gasteiger partial charge in [-0.2, -0.15) is 0 Å². The number of aliphatic hydroxyl groups excluding tert-OH is 1. The third-order valence-electron chi connectivity index (χ3n) is 6.15. The first-order chi connectivity index (χ1) is 16.4. The molecule has 3 rings (SSSR count). The molecule has 1 heterocycles. The number of hydrogen-bond acceptors (Lipinski definition) is 6. The van der Waals surface area contributed by atoms with Gasteiger partial charge in [-0.1, -0.05) is 18.6 Å². The molecule has 0 bridgehead atoms. The molecule has 34 heavy (non-hydrogen) atoms. The minimum absolute atomic E-state index is 0.0905. The van der Waals surface area contributed by atoms with Gasteiger partial charge >= 0.3 is 0 Å². The molecule has 0 radical (unpaired) electrons. The van der Waals surface area contributed by atoms with Gasteiger partial charge in [0.1, 0.15) is 5.41 Å². The van der Waals surface area contributed by atoms with Gasteiger partial charge in [0, 0.05) is 30.9 Å². The molecule has 4 N–H and O–H groups in total. The quantitative estimate of drug-likeness (QED) is 0.200.